The van der Waals surface area contributed by atoms with Gasteiger partial charge in [0.25, 0.3) is 0 Å². The Kier molecular flexibility index (Phi) is 8.15. The summed E-state index contributed by atoms with van der Waals surface area (Å²) in [5, 5.41) is 13.7. The molecule has 8 heteroatoms. The molecule has 1 atom stereocenters. The third kappa shape index (κ3) is 8.55. The van der Waals surface area contributed by atoms with Gasteiger partial charge in [-0.15, -0.1) is 0 Å². The van der Waals surface area contributed by atoms with Crippen LogP contribution in [0.25, 0.3) is 0 Å². The van der Waals surface area contributed by atoms with E-state index >= 15 is 0 Å². The van der Waals surface area contributed by atoms with Crippen LogP contribution in [0.3, 0.4) is 0 Å². The molecule has 0 bridgehead atoms. The van der Waals surface area contributed by atoms with E-state index < -0.39 is 29.6 Å². The first kappa shape index (κ1) is 21.5. The first-order chi connectivity index (χ1) is 12.1. The average Bonchev–Trinajstić information content (AvgIpc) is 2.49. The minimum Gasteiger partial charge on any atom is -0.493 e. The molecule has 0 saturated carbocycles. The number of carbonyl (C=O) groups is 2. The smallest absolute Gasteiger partial charge is 0.407 e. The number of nitrogens with one attached hydrogen (secondary N) is 2. The summed E-state index contributed by atoms with van der Waals surface area (Å²) in [4.78, 5) is 22.3. The highest BCUT2D eigenvalue weighted by atomic mass is 19.1. The maximum Gasteiger partial charge on any atom is 0.407 e. The Morgan fingerprint density at radius 1 is 1.27 bits per heavy atom. The summed E-state index contributed by atoms with van der Waals surface area (Å²) in [6.07, 6.45) is -0.319. The van der Waals surface area contributed by atoms with Crippen LogP contribution in [0.2, 0.25) is 0 Å². The lowest BCUT2D eigenvalue weighted by Crippen LogP contribution is -2.33. The van der Waals surface area contributed by atoms with Crippen LogP contribution < -0.4 is 15.4 Å². The van der Waals surface area contributed by atoms with Gasteiger partial charge in [-0.05, 0) is 58.7 Å². The minimum atomic E-state index is -1.19. The Morgan fingerprint density at radius 2 is 1.96 bits per heavy atom. The van der Waals surface area contributed by atoms with Crippen molar-refractivity contribution in [1.29, 1.82) is 0 Å². The van der Waals surface area contributed by atoms with Gasteiger partial charge in [-0.3, -0.25) is 0 Å². The number of unbranched alkanes of at least 4 members (excludes halogenated alkanes) is 1. The summed E-state index contributed by atoms with van der Waals surface area (Å²) in [6.45, 7) is 7.79. The number of hydrogen-bond acceptors (Lipinski definition) is 4. The van der Waals surface area contributed by atoms with Crippen molar-refractivity contribution >= 4 is 12.2 Å². The van der Waals surface area contributed by atoms with Crippen molar-refractivity contribution in [3.63, 3.8) is 0 Å². The van der Waals surface area contributed by atoms with Crippen molar-refractivity contribution in [3.8, 4) is 5.75 Å². The molecule has 1 aromatic carbocycles. The molecular weight excluding hydrogens is 343 g/mol. The molecule has 1 aromatic rings. The quantitative estimate of drug-likeness (QED) is 0.604. The van der Waals surface area contributed by atoms with E-state index in [9.17, 15) is 14.0 Å². The van der Waals surface area contributed by atoms with Gasteiger partial charge < -0.3 is 25.2 Å². The fourth-order valence-electron chi connectivity index (χ4n) is 2.17. The van der Waals surface area contributed by atoms with Crippen LogP contribution in [0.5, 0.6) is 5.75 Å². The van der Waals surface area contributed by atoms with Crippen molar-refractivity contribution in [2.75, 3.05) is 13.2 Å². The third-order valence-corrected chi connectivity index (χ3v) is 3.28. The van der Waals surface area contributed by atoms with Gasteiger partial charge in [0.05, 0.1) is 12.6 Å². The van der Waals surface area contributed by atoms with E-state index in [4.69, 9.17) is 14.6 Å². The number of rotatable bonds is 8. The molecule has 0 fully saturated rings. The van der Waals surface area contributed by atoms with Gasteiger partial charge in [-0.1, -0.05) is 0 Å². The lowest BCUT2D eigenvalue weighted by atomic mass is 10.1. The number of amides is 2. The highest BCUT2D eigenvalue weighted by molar-refractivity contribution is 5.67. The number of carboxylic acid groups (broad SMARTS) is 1. The van der Waals surface area contributed by atoms with Crippen LogP contribution in [0, 0.1) is 5.82 Å². The van der Waals surface area contributed by atoms with Crippen molar-refractivity contribution in [3.05, 3.63) is 29.6 Å². The van der Waals surface area contributed by atoms with Gasteiger partial charge in [0, 0.05) is 12.1 Å². The number of alkyl carbamates (subject to hydrolysis) is 1. The molecule has 3 N–H and O–H groups in total. The van der Waals surface area contributed by atoms with Gasteiger partial charge >= 0.3 is 12.2 Å². The van der Waals surface area contributed by atoms with Gasteiger partial charge in [0.15, 0.2) is 0 Å². The van der Waals surface area contributed by atoms with E-state index in [1.165, 1.54) is 18.2 Å². The van der Waals surface area contributed by atoms with Crippen LogP contribution in [-0.2, 0) is 4.74 Å². The maximum absolute atomic E-state index is 13.4. The Bertz CT molecular complexity index is 616. The highest BCUT2D eigenvalue weighted by Gasteiger charge is 2.16. The molecule has 26 heavy (non-hydrogen) atoms. The largest absolute Gasteiger partial charge is 0.493 e. The first-order valence-corrected chi connectivity index (χ1v) is 8.47. The average molecular weight is 370 g/mol. The topological polar surface area (TPSA) is 96.9 Å². The first-order valence-electron chi connectivity index (χ1n) is 8.47. The molecule has 0 aliphatic rings. The van der Waals surface area contributed by atoms with Crippen molar-refractivity contribution < 1.29 is 28.6 Å². The molecule has 0 aliphatic carbocycles. The number of hydrogen-bond donors (Lipinski definition) is 3. The predicted octanol–water partition coefficient (Wildman–Crippen LogP) is 3.84. The normalized spacial score (nSPS) is 12.2. The zero-order valence-corrected chi connectivity index (χ0v) is 15.6. The fourth-order valence-corrected chi connectivity index (χ4v) is 2.17. The standard InChI is InChI=1S/C18H27FN2O5/c1-12(21-16(22)23)14-11-13(19)7-8-15(14)25-10-6-5-9-20-17(24)26-18(2,3)4/h7-8,11-12,21H,5-6,9-10H2,1-4H3,(H,20,24)(H,22,23). The zero-order valence-electron chi connectivity index (χ0n) is 15.6. The second-order valence-electron chi connectivity index (χ2n) is 6.84. The van der Waals surface area contributed by atoms with Crippen LogP contribution in [-0.4, -0.2) is 36.0 Å². The van der Waals surface area contributed by atoms with E-state index in [-0.39, 0.29) is 0 Å². The van der Waals surface area contributed by atoms with Gasteiger partial charge in [-0.2, -0.15) is 0 Å². The number of carbonyl (C=O) groups excluding carboxylic acids is 1. The Hall–Kier alpha value is -2.51. The minimum absolute atomic E-state index is 0.356. The lowest BCUT2D eigenvalue weighted by molar-refractivity contribution is 0.0526. The molecule has 146 valence electrons. The molecule has 1 unspecified atom stereocenters. The second kappa shape index (κ2) is 9.84. The van der Waals surface area contributed by atoms with Gasteiger partial charge in [0.1, 0.15) is 17.2 Å². The summed E-state index contributed by atoms with van der Waals surface area (Å²) < 4.78 is 24.2. The Labute approximate surface area is 152 Å². The summed E-state index contributed by atoms with van der Waals surface area (Å²) in [5.74, 6) is -0.0410. The van der Waals surface area contributed by atoms with Crippen LogP contribution in [0.4, 0.5) is 14.0 Å². The van der Waals surface area contributed by atoms with Crippen molar-refractivity contribution in [1.82, 2.24) is 10.6 Å². The van der Waals surface area contributed by atoms with E-state index in [2.05, 4.69) is 10.6 Å². The Balaban J connectivity index is 2.41. The molecule has 2 amide bonds. The SMILES string of the molecule is CC(NC(=O)O)c1cc(F)ccc1OCCCCNC(=O)OC(C)(C)C. The van der Waals surface area contributed by atoms with E-state index in [0.717, 1.165) is 0 Å². The Morgan fingerprint density at radius 3 is 2.58 bits per heavy atom. The molecule has 0 spiro atoms. The number of ether oxygens (including phenoxy) is 2. The summed E-state index contributed by atoms with van der Waals surface area (Å²) in [6, 6.07) is 3.38. The van der Waals surface area contributed by atoms with Crippen LogP contribution >= 0.6 is 0 Å². The zero-order chi connectivity index (χ0) is 19.7. The molecule has 0 aromatic heterocycles. The number of halogens is 1. The molecule has 0 aliphatic heterocycles. The second-order valence-corrected chi connectivity index (χ2v) is 6.84. The summed E-state index contributed by atoms with van der Waals surface area (Å²) in [7, 11) is 0. The molecule has 0 saturated heterocycles. The maximum atomic E-state index is 13.4. The monoisotopic (exact) mass is 370 g/mol. The van der Waals surface area contributed by atoms with Crippen LogP contribution in [0.15, 0.2) is 18.2 Å². The van der Waals surface area contributed by atoms with Gasteiger partial charge in [-0.25, -0.2) is 14.0 Å². The van der Waals surface area contributed by atoms with Crippen molar-refractivity contribution in [2.24, 2.45) is 0 Å². The summed E-state index contributed by atoms with van der Waals surface area (Å²) in [5.41, 5.74) is -0.105. The number of benzene rings is 1. The molecule has 0 radical (unpaired) electrons. The molecule has 7 nitrogen and oxygen atoms in total. The fraction of sp³-hybridized carbons (Fsp3) is 0.556. The predicted molar refractivity (Wildman–Crippen MR) is 94.9 cm³/mol. The van der Waals surface area contributed by atoms with E-state index in [1.807, 2.05) is 0 Å². The highest BCUT2D eigenvalue weighted by Crippen LogP contribution is 2.26. The molecule has 1 rings (SSSR count). The third-order valence-electron chi connectivity index (χ3n) is 3.28. The summed E-state index contributed by atoms with van der Waals surface area (Å²) >= 11 is 0. The molecule has 0 heterocycles. The van der Waals surface area contributed by atoms with E-state index in [0.29, 0.717) is 37.3 Å². The van der Waals surface area contributed by atoms with Crippen LogP contribution in [0.1, 0.15) is 52.1 Å². The lowest BCUT2D eigenvalue weighted by Gasteiger charge is -2.19. The van der Waals surface area contributed by atoms with E-state index in [1.54, 1.807) is 27.7 Å². The molecular formula is C18H27FN2O5. The van der Waals surface area contributed by atoms with Crippen molar-refractivity contribution in [2.45, 2.75) is 52.2 Å². The van der Waals surface area contributed by atoms with Gasteiger partial charge in [0.2, 0.25) is 0 Å².